The first-order chi connectivity index (χ1) is 11.4. The van der Waals surface area contributed by atoms with Crippen LogP contribution in [0.3, 0.4) is 0 Å². The van der Waals surface area contributed by atoms with E-state index in [2.05, 4.69) is 15.9 Å². The number of nitrogens with one attached hydrogen (secondary N) is 1. The summed E-state index contributed by atoms with van der Waals surface area (Å²) in [5, 5.41) is 0.450. The molecule has 0 bridgehead atoms. The van der Waals surface area contributed by atoms with Crippen LogP contribution < -0.4 is 15.5 Å². The van der Waals surface area contributed by atoms with E-state index in [0.717, 1.165) is 4.90 Å². The van der Waals surface area contributed by atoms with Crippen LogP contribution in [0.1, 0.15) is 19.3 Å². The lowest BCUT2D eigenvalue weighted by atomic mass is 9.95. The first-order valence-corrected chi connectivity index (χ1v) is 9.01. The van der Waals surface area contributed by atoms with E-state index in [-0.39, 0.29) is 30.1 Å². The molecule has 2 aliphatic heterocycles. The van der Waals surface area contributed by atoms with Gasteiger partial charge < -0.3 is 10.6 Å². The third kappa shape index (κ3) is 3.20. The van der Waals surface area contributed by atoms with Gasteiger partial charge in [-0.3, -0.25) is 14.4 Å². The molecule has 6 nitrogen and oxygen atoms in total. The number of benzene rings is 1. The summed E-state index contributed by atoms with van der Waals surface area (Å²) in [6.45, 7) is 1.35. The molecule has 1 atom stereocenters. The van der Waals surface area contributed by atoms with Crippen LogP contribution in [0.2, 0.25) is 5.02 Å². The Morgan fingerprint density at radius 3 is 2.54 bits per heavy atom. The Labute approximate surface area is 153 Å². The second-order valence-corrected chi connectivity index (χ2v) is 7.52. The first-order valence-electron chi connectivity index (χ1n) is 7.84. The monoisotopic (exact) mass is 414 g/mol. The summed E-state index contributed by atoms with van der Waals surface area (Å²) in [5.41, 5.74) is 5.84. The van der Waals surface area contributed by atoms with E-state index in [0.29, 0.717) is 41.1 Å². The van der Waals surface area contributed by atoms with Crippen molar-refractivity contribution in [2.75, 3.05) is 18.0 Å². The molecule has 0 radical (unpaired) electrons. The first kappa shape index (κ1) is 17.4. The predicted octanol–water partition coefficient (Wildman–Crippen LogP) is 0.515. The molecule has 2 heterocycles. The molecule has 2 fully saturated rings. The van der Waals surface area contributed by atoms with E-state index < -0.39 is 6.04 Å². The Morgan fingerprint density at radius 1 is 1.29 bits per heavy atom. The summed E-state index contributed by atoms with van der Waals surface area (Å²) >= 11 is 9.37. The van der Waals surface area contributed by atoms with Gasteiger partial charge in [0.1, 0.15) is 0 Å². The van der Waals surface area contributed by atoms with Crippen molar-refractivity contribution in [1.82, 2.24) is 0 Å². The average Bonchev–Trinajstić information content (AvgIpc) is 2.85. The SMILES string of the molecule is NC(=O)C1CC[NH+]([C@@H]2CC(=O)N(c3ccc(Br)c(Cl)c3)C2=O)CC1. The number of carbonyl (C=O) groups excluding carboxylic acids is 3. The van der Waals surface area contributed by atoms with Crippen molar-refractivity contribution in [2.45, 2.75) is 25.3 Å². The second kappa shape index (κ2) is 6.82. The Balaban J connectivity index is 1.75. The number of amides is 3. The molecule has 24 heavy (non-hydrogen) atoms. The number of nitrogens with two attached hydrogens (primary N) is 1. The molecule has 3 N–H and O–H groups in total. The number of piperidine rings is 1. The normalized spacial score (nSPS) is 27.6. The Kier molecular flexibility index (Phi) is 4.94. The highest BCUT2D eigenvalue weighted by Crippen LogP contribution is 2.30. The summed E-state index contributed by atoms with van der Waals surface area (Å²) in [5.74, 6) is -0.824. The largest absolute Gasteiger partial charge is 0.369 e. The summed E-state index contributed by atoms with van der Waals surface area (Å²) in [7, 11) is 0. The second-order valence-electron chi connectivity index (χ2n) is 6.26. The van der Waals surface area contributed by atoms with E-state index in [1.807, 2.05) is 0 Å². The molecule has 3 rings (SSSR count). The van der Waals surface area contributed by atoms with Gasteiger partial charge in [-0.2, -0.15) is 0 Å². The minimum atomic E-state index is -0.395. The van der Waals surface area contributed by atoms with E-state index in [4.69, 9.17) is 17.3 Å². The van der Waals surface area contributed by atoms with Crippen LogP contribution in [0.4, 0.5) is 5.69 Å². The average molecular weight is 416 g/mol. The molecule has 8 heteroatoms. The zero-order chi connectivity index (χ0) is 17.4. The number of primary amides is 1. The molecule has 1 aromatic carbocycles. The molecule has 0 unspecified atom stereocenters. The van der Waals surface area contributed by atoms with Gasteiger partial charge in [-0.15, -0.1) is 0 Å². The van der Waals surface area contributed by atoms with Crippen molar-refractivity contribution in [3.8, 4) is 0 Å². The van der Waals surface area contributed by atoms with Crippen molar-refractivity contribution in [3.05, 3.63) is 27.7 Å². The molecular formula is C16H18BrClN3O3+. The van der Waals surface area contributed by atoms with Gasteiger partial charge in [-0.1, -0.05) is 11.6 Å². The number of hydrogen-bond donors (Lipinski definition) is 2. The highest BCUT2D eigenvalue weighted by atomic mass is 79.9. The van der Waals surface area contributed by atoms with Crippen molar-refractivity contribution < 1.29 is 19.3 Å². The zero-order valence-electron chi connectivity index (χ0n) is 12.9. The van der Waals surface area contributed by atoms with Gasteiger partial charge in [0.25, 0.3) is 5.91 Å². The summed E-state index contributed by atoms with van der Waals surface area (Å²) < 4.78 is 0.711. The third-order valence-electron chi connectivity index (χ3n) is 4.83. The van der Waals surface area contributed by atoms with Crippen molar-refractivity contribution >= 4 is 50.9 Å². The lowest BCUT2D eigenvalue weighted by Crippen LogP contribution is -3.17. The lowest BCUT2D eigenvalue weighted by Gasteiger charge is -2.30. The number of rotatable bonds is 3. The van der Waals surface area contributed by atoms with E-state index in [9.17, 15) is 14.4 Å². The molecule has 128 valence electrons. The van der Waals surface area contributed by atoms with Crippen LogP contribution in [0, 0.1) is 5.92 Å². The molecule has 2 saturated heterocycles. The Hall–Kier alpha value is -1.44. The molecule has 0 saturated carbocycles. The standard InChI is InChI=1S/C16H17BrClN3O3/c17-11-2-1-10(7-12(11)18)21-14(22)8-13(16(21)24)20-5-3-9(4-6-20)15(19)23/h1-2,7,9,13H,3-6,8H2,(H2,19,23)/p+1/t13-/m1/s1. The highest BCUT2D eigenvalue weighted by Gasteiger charge is 2.46. The van der Waals surface area contributed by atoms with Gasteiger partial charge in [0.2, 0.25) is 11.8 Å². The van der Waals surface area contributed by atoms with E-state index >= 15 is 0 Å². The number of nitrogens with zero attached hydrogens (tertiary/aromatic N) is 1. The third-order valence-corrected chi connectivity index (χ3v) is 6.06. The van der Waals surface area contributed by atoms with Crippen LogP contribution in [0.5, 0.6) is 0 Å². The number of halogens is 2. The van der Waals surface area contributed by atoms with Crippen LogP contribution in [0.25, 0.3) is 0 Å². The number of imide groups is 1. The molecule has 0 aromatic heterocycles. The maximum Gasteiger partial charge on any atom is 0.292 e. The fourth-order valence-electron chi connectivity index (χ4n) is 3.47. The van der Waals surface area contributed by atoms with Crippen LogP contribution in [-0.4, -0.2) is 36.9 Å². The van der Waals surface area contributed by atoms with Gasteiger partial charge in [0.15, 0.2) is 6.04 Å². The number of anilines is 1. The van der Waals surface area contributed by atoms with Crippen molar-refractivity contribution in [3.63, 3.8) is 0 Å². The maximum atomic E-state index is 12.8. The molecule has 0 spiro atoms. The lowest BCUT2D eigenvalue weighted by molar-refractivity contribution is -0.920. The number of carbonyl (C=O) groups is 3. The van der Waals surface area contributed by atoms with E-state index in [1.54, 1.807) is 18.2 Å². The van der Waals surface area contributed by atoms with Gasteiger partial charge in [0, 0.05) is 23.2 Å². The molecule has 3 amide bonds. The van der Waals surface area contributed by atoms with Gasteiger partial charge in [0.05, 0.1) is 30.2 Å². The van der Waals surface area contributed by atoms with Crippen molar-refractivity contribution in [1.29, 1.82) is 0 Å². The molecular weight excluding hydrogens is 398 g/mol. The number of hydrogen-bond acceptors (Lipinski definition) is 3. The topological polar surface area (TPSA) is 84.9 Å². The Morgan fingerprint density at radius 2 is 1.96 bits per heavy atom. The molecule has 2 aliphatic rings. The minimum absolute atomic E-state index is 0.123. The van der Waals surface area contributed by atoms with Crippen LogP contribution in [-0.2, 0) is 14.4 Å². The van der Waals surface area contributed by atoms with Crippen molar-refractivity contribution in [2.24, 2.45) is 11.7 Å². The van der Waals surface area contributed by atoms with Gasteiger partial charge >= 0.3 is 0 Å². The molecule has 0 aliphatic carbocycles. The Bertz CT molecular complexity index is 704. The summed E-state index contributed by atoms with van der Waals surface area (Å²) in [4.78, 5) is 38.7. The predicted molar refractivity (Wildman–Crippen MR) is 92.7 cm³/mol. The van der Waals surface area contributed by atoms with Gasteiger partial charge in [-0.25, -0.2) is 4.90 Å². The fourth-order valence-corrected chi connectivity index (χ4v) is 3.89. The highest BCUT2D eigenvalue weighted by molar-refractivity contribution is 9.10. The number of likely N-dealkylation sites (tertiary alicyclic amines) is 1. The van der Waals surface area contributed by atoms with Crippen LogP contribution in [0.15, 0.2) is 22.7 Å². The smallest absolute Gasteiger partial charge is 0.292 e. The fraction of sp³-hybridized carbons (Fsp3) is 0.438. The van der Waals surface area contributed by atoms with Gasteiger partial charge in [-0.05, 0) is 34.1 Å². The summed E-state index contributed by atoms with van der Waals surface area (Å²) in [6.07, 6.45) is 1.50. The zero-order valence-corrected chi connectivity index (χ0v) is 15.3. The van der Waals surface area contributed by atoms with E-state index in [1.165, 1.54) is 4.90 Å². The van der Waals surface area contributed by atoms with Crippen LogP contribution >= 0.6 is 27.5 Å². The number of quaternary nitrogens is 1. The summed E-state index contributed by atoms with van der Waals surface area (Å²) in [6, 6.07) is 4.63. The quantitative estimate of drug-likeness (QED) is 0.706. The molecule has 1 aromatic rings. The minimum Gasteiger partial charge on any atom is -0.369 e. The maximum absolute atomic E-state index is 12.8.